The van der Waals surface area contributed by atoms with Crippen molar-refractivity contribution in [2.75, 3.05) is 0 Å². The van der Waals surface area contributed by atoms with Crippen LogP contribution in [0.15, 0.2) is 53.7 Å². The number of benzene rings is 1. The highest BCUT2D eigenvalue weighted by molar-refractivity contribution is 14.1. The fourth-order valence-corrected chi connectivity index (χ4v) is 2.36. The van der Waals surface area contributed by atoms with Crippen molar-refractivity contribution in [3.8, 4) is 22.8 Å². The Morgan fingerprint density at radius 3 is 2.60 bits per heavy atom. The SMILES string of the molecule is O=c1[nH]c(-c2cnccn2)nc(-c2ccccc2)c1I. The summed E-state index contributed by atoms with van der Waals surface area (Å²) in [6.07, 6.45) is 4.71. The van der Waals surface area contributed by atoms with E-state index in [9.17, 15) is 4.79 Å². The zero-order chi connectivity index (χ0) is 13.9. The summed E-state index contributed by atoms with van der Waals surface area (Å²) in [4.78, 5) is 27.4. The number of hydrogen-bond acceptors (Lipinski definition) is 4. The van der Waals surface area contributed by atoms with Crippen LogP contribution in [0.5, 0.6) is 0 Å². The van der Waals surface area contributed by atoms with Gasteiger partial charge in [0.1, 0.15) is 9.26 Å². The zero-order valence-electron chi connectivity index (χ0n) is 10.2. The van der Waals surface area contributed by atoms with Gasteiger partial charge in [0.15, 0.2) is 5.82 Å². The molecule has 2 aromatic heterocycles. The minimum Gasteiger partial charge on any atom is -0.304 e. The summed E-state index contributed by atoms with van der Waals surface area (Å²) >= 11 is 2.00. The molecule has 0 fully saturated rings. The maximum atomic E-state index is 12.1. The smallest absolute Gasteiger partial charge is 0.265 e. The molecule has 0 saturated heterocycles. The first kappa shape index (κ1) is 12.9. The molecule has 0 aliphatic carbocycles. The van der Waals surface area contributed by atoms with Crippen molar-refractivity contribution in [1.82, 2.24) is 19.9 Å². The molecule has 0 spiro atoms. The second-order valence-corrected chi connectivity index (χ2v) is 5.11. The molecule has 2 heterocycles. The lowest BCUT2D eigenvalue weighted by atomic mass is 10.1. The zero-order valence-corrected chi connectivity index (χ0v) is 12.4. The quantitative estimate of drug-likeness (QED) is 0.698. The maximum Gasteiger partial charge on any atom is 0.265 e. The van der Waals surface area contributed by atoms with Crippen molar-refractivity contribution in [2.24, 2.45) is 0 Å². The largest absolute Gasteiger partial charge is 0.304 e. The lowest BCUT2D eigenvalue weighted by molar-refractivity contribution is 1.07. The summed E-state index contributed by atoms with van der Waals surface area (Å²) in [6.45, 7) is 0. The summed E-state index contributed by atoms with van der Waals surface area (Å²) in [7, 11) is 0. The molecule has 20 heavy (non-hydrogen) atoms. The lowest BCUT2D eigenvalue weighted by Crippen LogP contribution is -2.14. The van der Waals surface area contributed by atoms with E-state index in [1.54, 1.807) is 18.6 Å². The van der Waals surface area contributed by atoms with Crippen LogP contribution in [0.1, 0.15) is 0 Å². The average molecular weight is 376 g/mol. The number of halogens is 1. The molecule has 1 aromatic carbocycles. The second kappa shape index (κ2) is 5.49. The normalized spacial score (nSPS) is 10.4. The molecular formula is C14H9IN4O. The molecule has 3 aromatic rings. The van der Waals surface area contributed by atoms with Crippen LogP contribution < -0.4 is 5.56 Å². The Balaban J connectivity index is 2.22. The van der Waals surface area contributed by atoms with Crippen molar-refractivity contribution in [2.45, 2.75) is 0 Å². The monoisotopic (exact) mass is 376 g/mol. The first-order valence-electron chi connectivity index (χ1n) is 5.87. The van der Waals surface area contributed by atoms with E-state index in [4.69, 9.17) is 0 Å². The fourth-order valence-electron chi connectivity index (χ4n) is 1.79. The van der Waals surface area contributed by atoms with E-state index < -0.39 is 0 Å². The van der Waals surface area contributed by atoms with Crippen molar-refractivity contribution in [1.29, 1.82) is 0 Å². The van der Waals surface area contributed by atoms with E-state index in [0.29, 0.717) is 20.8 Å². The van der Waals surface area contributed by atoms with Crippen LogP contribution in [0, 0.1) is 3.57 Å². The van der Waals surface area contributed by atoms with E-state index in [1.165, 1.54) is 0 Å². The van der Waals surface area contributed by atoms with E-state index in [2.05, 4.69) is 19.9 Å². The van der Waals surface area contributed by atoms with Gasteiger partial charge in [-0.1, -0.05) is 30.3 Å². The predicted molar refractivity (Wildman–Crippen MR) is 84.0 cm³/mol. The number of nitrogens with one attached hydrogen (secondary N) is 1. The van der Waals surface area contributed by atoms with Crippen LogP contribution in [0.2, 0.25) is 0 Å². The van der Waals surface area contributed by atoms with Gasteiger partial charge < -0.3 is 4.98 Å². The summed E-state index contributed by atoms with van der Waals surface area (Å²) in [5, 5.41) is 0. The number of rotatable bonds is 2. The van der Waals surface area contributed by atoms with Gasteiger partial charge in [-0.2, -0.15) is 0 Å². The van der Waals surface area contributed by atoms with Crippen LogP contribution in [0.3, 0.4) is 0 Å². The van der Waals surface area contributed by atoms with Crippen molar-refractivity contribution in [3.05, 3.63) is 62.8 Å². The topological polar surface area (TPSA) is 71.5 Å². The standard InChI is InChI=1S/C14H9IN4O/c15-11-12(9-4-2-1-3-5-9)18-13(19-14(11)20)10-8-16-6-7-17-10/h1-8H,(H,18,19,20). The number of H-pyrrole nitrogens is 1. The van der Waals surface area contributed by atoms with Crippen molar-refractivity contribution < 1.29 is 0 Å². The van der Waals surface area contributed by atoms with Gasteiger partial charge in [-0.05, 0) is 22.6 Å². The maximum absolute atomic E-state index is 12.1. The first-order valence-corrected chi connectivity index (χ1v) is 6.95. The van der Waals surface area contributed by atoms with Gasteiger partial charge in [-0.3, -0.25) is 9.78 Å². The van der Waals surface area contributed by atoms with Gasteiger partial charge in [0.2, 0.25) is 0 Å². The van der Waals surface area contributed by atoms with E-state index in [-0.39, 0.29) is 5.56 Å². The van der Waals surface area contributed by atoms with E-state index in [0.717, 1.165) is 5.56 Å². The Kier molecular flexibility index (Phi) is 3.55. The molecule has 0 radical (unpaired) electrons. The summed E-state index contributed by atoms with van der Waals surface area (Å²) < 4.78 is 0.557. The number of nitrogens with zero attached hydrogens (tertiary/aromatic N) is 3. The lowest BCUT2D eigenvalue weighted by Gasteiger charge is -2.06. The van der Waals surface area contributed by atoms with Gasteiger partial charge in [-0.15, -0.1) is 0 Å². The molecule has 3 rings (SSSR count). The van der Waals surface area contributed by atoms with Crippen molar-refractivity contribution >= 4 is 22.6 Å². The van der Waals surface area contributed by atoms with Crippen LogP contribution >= 0.6 is 22.6 Å². The molecule has 0 aliphatic heterocycles. The Morgan fingerprint density at radius 2 is 1.90 bits per heavy atom. The predicted octanol–water partition coefficient (Wildman–Crippen LogP) is 2.50. The molecule has 0 atom stereocenters. The third-order valence-electron chi connectivity index (χ3n) is 2.72. The van der Waals surface area contributed by atoms with E-state index >= 15 is 0 Å². The molecule has 0 bridgehead atoms. The van der Waals surface area contributed by atoms with Crippen LogP contribution in [0.25, 0.3) is 22.8 Å². The van der Waals surface area contributed by atoms with E-state index in [1.807, 2.05) is 52.9 Å². The van der Waals surface area contributed by atoms with Gasteiger partial charge in [0.05, 0.1) is 11.9 Å². The molecular weight excluding hydrogens is 367 g/mol. The molecule has 6 heteroatoms. The first-order chi connectivity index (χ1) is 9.75. The Morgan fingerprint density at radius 1 is 1.10 bits per heavy atom. The third-order valence-corrected chi connectivity index (χ3v) is 3.72. The number of aromatic nitrogens is 4. The molecule has 1 N–H and O–H groups in total. The molecule has 0 unspecified atom stereocenters. The Hall–Kier alpha value is -2.09. The fraction of sp³-hybridized carbons (Fsp3) is 0. The Labute approximate surface area is 128 Å². The molecule has 0 amide bonds. The molecule has 0 saturated carbocycles. The number of aromatic amines is 1. The van der Waals surface area contributed by atoms with Gasteiger partial charge in [0.25, 0.3) is 5.56 Å². The van der Waals surface area contributed by atoms with Crippen molar-refractivity contribution in [3.63, 3.8) is 0 Å². The second-order valence-electron chi connectivity index (χ2n) is 4.03. The minimum absolute atomic E-state index is 0.180. The summed E-state index contributed by atoms with van der Waals surface area (Å²) in [5.74, 6) is 0.419. The Bertz CT molecular complexity index is 787. The molecule has 5 nitrogen and oxygen atoms in total. The van der Waals surface area contributed by atoms with Crippen LogP contribution in [-0.2, 0) is 0 Å². The highest BCUT2D eigenvalue weighted by Gasteiger charge is 2.12. The summed E-state index contributed by atoms with van der Waals surface area (Å²) in [6, 6.07) is 9.59. The average Bonchev–Trinajstić information content (AvgIpc) is 2.51. The minimum atomic E-state index is -0.180. The number of hydrogen-bond donors (Lipinski definition) is 1. The van der Waals surface area contributed by atoms with Gasteiger partial charge in [0, 0.05) is 18.0 Å². The summed E-state index contributed by atoms with van der Waals surface area (Å²) in [5.41, 5.74) is 1.90. The van der Waals surface area contributed by atoms with Gasteiger partial charge >= 0.3 is 0 Å². The highest BCUT2D eigenvalue weighted by Crippen LogP contribution is 2.22. The molecule has 98 valence electrons. The third kappa shape index (κ3) is 2.46. The van der Waals surface area contributed by atoms with Gasteiger partial charge in [-0.25, -0.2) is 9.97 Å². The molecule has 0 aliphatic rings. The van der Waals surface area contributed by atoms with Crippen LogP contribution in [-0.4, -0.2) is 19.9 Å². The van der Waals surface area contributed by atoms with Crippen LogP contribution in [0.4, 0.5) is 0 Å². The highest BCUT2D eigenvalue weighted by atomic mass is 127.